The van der Waals surface area contributed by atoms with Crippen LogP contribution >= 0.6 is 23.2 Å². The van der Waals surface area contributed by atoms with Crippen LogP contribution in [0.1, 0.15) is 26.3 Å². The number of halogens is 2. The molecule has 6 nitrogen and oxygen atoms in total. The number of hydrogen-bond acceptors (Lipinski definition) is 5. The van der Waals surface area contributed by atoms with E-state index in [0.717, 1.165) is 6.07 Å². The minimum Gasteiger partial charge on any atom is -0.423 e. The lowest BCUT2D eigenvalue weighted by atomic mass is 10.1. The molecule has 3 aromatic rings. The number of hydrogen-bond donors (Lipinski definition) is 0. The number of ketones is 1. The first-order valence-electron chi connectivity index (χ1n) is 8.58. The monoisotopic (exact) mass is 441 g/mol. The molecule has 150 valence electrons. The number of nitrogens with zero attached hydrogens (tertiary/aromatic N) is 1. The number of esters is 1. The zero-order valence-electron chi connectivity index (χ0n) is 15.2. The molecule has 0 bridgehead atoms. The van der Waals surface area contributed by atoms with Gasteiger partial charge in [-0.2, -0.15) is 0 Å². The number of benzene rings is 3. The van der Waals surface area contributed by atoms with Crippen molar-refractivity contribution >= 4 is 46.7 Å². The first-order valence-corrected chi connectivity index (χ1v) is 9.34. The molecule has 0 saturated carbocycles. The van der Waals surface area contributed by atoms with Crippen LogP contribution in [-0.4, -0.2) is 16.7 Å². The van der Waals surface area contributed by atoms with E-state index >= 15 is 0 Å². The van der Waals surface area contributed by atoms with Gasteiger partial charge in [0.2, 0.25) is 0 Å². The van der Waals surface area contributed by atoms with Gasteiger partial charge in [0.25, 0.3) is 5.69 Å². The summed E-state index contributed by atoms with van der Waals surface area (Å²) in [5, 5.41) is 11.7. The van der Waals surface area contributed by atoms with Gasteiger partial charge in [-0.25, -0.2) is 4.79 Å². The van der Waals surface area contributed by atoms with E-state index in [-0.39, 0.29) is 22.8 Å². The van der Waals surface area contributed by atoms with E-state index in [1.807, 2.05) is 0 Å². The highest BCUT2D eigenvalue weighted by molar-refractivity contribution is 6.37. The van der Waals surface area contributed by atoms with Gasteiger partial charge in [-0.05, 0) is 54.6 Å². The highest BCUT2D eigenvalue weighted by Crippen LogP contribution is 2.26. The van der Waals surface area contributed by atoms with Crippen molar-refractivity contribution in [1.29, 1.82) is 0 Å². The van der Waals surface area contributed by atoms with Crippen molar-refractivity contribution in [3.05, 3.63) is 110 Å². The Kier molecular flexibility index (Phi) is 6.61. The molecular formula is C22H13Cl2NO5. The molecule has 0 aliphatic carbocycles. The van der Waals surface area contributed by atoms with Crippen LogP contribution in [0, 0.1) is 10.1 Å². The van der Waals surface area contributed by atoms with Crippen LogP contribution in [0.4, 0.5) is 5.69 Å². The molecular weight excluding hydrogens is 429 g/mol. The molecule has 3 rings (SSSR count). The highest BCUT2D eigenvalue weighted by Gasteiger charge is 2.14. The minimum atomic E-state index is -0.744. The topological polar surface area (TPSA) is 86.5 Å². The van der Waals surface area contributed by atoms with Gasteiger partial charge < -0.3 is 4.74 Å². The first kappa shape index (κ1) is 21.2. The van der Waals surface area contributed by atoms with E-state index in [0.29, 0.717) is 21.2 Å². The molecule has 0 heterocycles. The molecule has 3 aromatic carbocycles. The van der Waals surface area contributed by atoms with Gasteiger partial charge in [0.05, 0.1) is 10.5 Å². The van der Waals surface area contributed by atoms with E-state index in [9.17, 15) is 19.7 Å². The van der Waals surface area contributed by atoms with Crippen LogP contribution in [0.25, 0.3) is 6.08 Å². The van der Waals surface area contributed by atoms with E-state index < -0.39 is 10.9 Å². The number of allylic oxidation sites excluding steroid dienone is 1. The van der Waals surface area contributed by atoms with Crippen molar-refractivity contribution in [1.82, 2.24) is 0 Å². The van der Waals surface area contributed by atoms with Gasteiger partial charge in [0.1, 0.15) is 5.75 Å². The van der Waals surface area contributed by atoms with Crippen LogP contribution in [0.3, 0.4) is 0 Å². The van der Waals surface area contributed by atoms with E-state index in [4.69, 9.17) is 27.9 Å². The predicted octanol–water partition coefficient (Wildman–Crippen LogP) is 6.02. The largest absolute Gasteiger partial charge is 0.423 e. The molecule has 0 radical (unpaired) electrons. The summed E-state index contributed by atoms with van der Waals surface area (Å²) in [6, 6.07) is 16.2. The highest BCUT2D eigenvalue weighted by atomic mass is 35.5. The minimum absolute atomic E-state index is 0.0453. The summed E-state index contributed by atoms with van der Waals surface area (Å²) >= 11 is 12.1. The first-order chi connectivity index (χ1) is 14.3. The Morgan fingerprint density at radius 1 is 0.900 bits per heavy atom. The Morgan fingerprint density at radius 3 is 2.17 bits per heavy atom. The van der Waals surface area contributed by atoms with Crippen molar-refractivity contribution < 1.29 is 19.2 Å². The molecule has 30 heavy (non-hydrogen) atoms. The summed E-state index contributed by atoms with van der Waals surface area (Å²) in [7, 11) is 0. The fraction of sp³-hybridized carbons (Fsp3) is 0. The zero-order valence-corrected chi connectivity index (χ0v) is 16.8. The molecule has 0 aliphatic heterocycles. The molecule has 0 fully saturated rings. The normalized spacial score (nSPS) is 10.7. The number of ether oxygens (including phenoxy) is 1. The third-order valence-electron chi connectivity index (χ3n) is 4.04. The number of rotatable bonds is 6. The van der Waals surface area contributed by atoms with E-state index in [1.165, 1.54) is 54.6 Å². The van der Waals surface area contributed by atoms with Gasteiger partial charge in [0.15, 0.2) is 5.78 Å². The summed E-state index contributed by atoms with van der Waals surface area (Å²) in [6.07, 6.45) is 2.88. The molecule has 0 saturated heterocycles. The maximum absolute atomic E-state index is 12.4. The molecule has 0 N–H and O–H groups in total. The quantitative estimate of drug-likeness (QED) is 0.116. The van der Waals surface area contributed by atoms with Crippen molar-refractivity contribution in [2.75, 3.05) is 0 Å². The zero-order chi connectivity index (χ0) is 21.7. The van der Waals surface area contributed by atoms with Crippen LogP contribution < -0.4 is 4.74 Å². The van der Waals surface area contributed by atoms with Crippen molar-refractivity contribution in [3.8, 4) is 5.75 Å². The second kappa shape index (κ2) is 9.35. The van der Waals surface area contributed by atoms with Gasteiger partial charge >= 0.3 is 5.97 Å². The molecule has 8 heteroatoms. The van der Waals surface area contributed by atoms with Gasteiger partial charge in [-0.3, -0.25) is 14.9 Å². The Hall–Kier alpha value is -3.48. The molecule has 0 amide bonds. The average molecular weight is 442 g/mol. The molecule has 0 aromatic heterocycles. The Balaban J connectivity index is 1.69. The number of carbonyl (C=O) groups excluding carboxylic acids is 2. The maximum Gasteiger partial charge on any atom is 0.343 e. The summed E-state index contributed by atoms with van der Waals surface area (Å²) in [5.74, 6) is -0.838. The molecule has 0 atom stereocenters. The lowest BCUT2D eigenvalue weighted by molar-refractivity contribution is -0.384. The van der Waals surface area contributed by atoms with Gasteiger partial charge in [0, 0.05) is 33.3 Å². The molecule has 0 aliphatic rings. The summed E-state index contributed by atoms with van der Waals surface area (Å²) in [5.41, 5.74) is 0.737. The number of nitro groups is 1. The van der Waals surface area contributed by atoms with Crippen molar-refractivity contribution in [2.24, 2.45) is 0 Å². The van der Waals surface area contributed by atoms with Crippen LogP contribution in [0.5, 0.6) is 5.75 Å². The van der Waals surface area contributed by atoms with Crippen molar-refractivity contribution in [3.63, 3.8) is 0 Å². The summed E-state index contributed by atoms with van der Waals surface area (Å²) in [6.45, 7) is 0. The van der Waals surface area contributed by atoms with Crippen molar-refractivity contribution in [2.45, 2.75) is 0 Å². The van der Waals surface area contributed by atoms with E-state index in [1.54, 1.807) is 18.2 Å². The van der Waals surface area contributed by atoms with Crippen LogP contribution in [0.2, 0.25) is 10.0 Å². The summed E-state index contributed by atoms with van der Waals surface area (Å²) in [4.78, 5) is 34.8. The lowest BCUT2D eigenvalue weighted by Gasteiger charge is -2.05. The third-order valence-corrected chi connectivity index (χ3v) is 4.70. The smallest absolute Gasteiger partial charge is 0.343 e. The van der Waals surface area contributed by atoms with Gasteiger partial charge in [-0.1, -0.05) is 35.3 Å². The lowest BCUT2D eigenvalue weighted by Crippen LogP contribution is -2.09. The predicted molar refractivity (Wildman–Crippen MR) is 114 cm³/mol. The SMILES string of the molecule is O=C(C=Cc1c(Cl)cccc1Cl)c1ccc(OC(=O)c2cccc([N+](=O)[O-])c2)cc1. The average Bonchev–Trinajstić information content (AvgIpc) is 2.73. The number of nitro benzene ring substituents is 1. The van der Waals surface area contributed by atoms with E-state index in [2.05, 4.69) is 0 Å². The van der Waals surface area contributed by atoms with Crippen LogP contribution in [0.15, 0.2) is 72.8 Å². The fourth-order valence-electron chi connectivity index (χ4n) is 2.52. The van der Waals surface area contributed by atoms with Gasteiger partial charge in [-0.15, -0.1) is 0 Å². The Bertz CT molecular complexity index is 1140. The molecule has 0 spiro atoms. The number of carbonyl (C=O) groups is 2. The summed E-state index contributed by atoms with van der Waals surface area (Å²) < 4.78 is 5.20. The standard InChI is InChI=1S/C22H13Cl2NO5/c23-19-5-2-6-20(24)18(19)11-12-21(26)14-7-9-17(10-8-14)30-22(27)15-3-1-4-16(13-15)25(28)29/h1-13H. The molecule has 0 unspecified atom stereocenters. The fourth-order valence-corrected chi connectivity index (χ4v) is 3.05. The maximum atomic E-state index is 12.4. The Labute approximate surface area is 181 Å². The Morgan fingerprint density at radius 2 is 1.53 bits per heavy atom. The second-order valence-corrected chi connectivity index (χ2v) is 6.87. The van der Waals surface area contributed by atoms with Crippen LogP contribution in [-0.2, 0) is 0 Å². The second-order valence-electron chi connectivity index (χ2n) is 6.05. The third kappa shape index (κ3) is 5.11. The number of non-ortho nitro benzene ring substituents is 1.